The van der Waals surface area contributed by atoms with E-state index >= 15 is 0 Å². The van der Waals surface area contributed by atoms with E-state index in [1.807, 2.05) is 20.8 Å². The number of nitrogens with two attached hydrogens (primary N) is 1. The van der Waals surface area contributed by atoms with Gasteiger partial charge in [-0.2, -0.15) is 5.26 Å². The van der Waals surface area contributed by atoms with Gasteiger partial charge < -0.3 is 10.3 Å². The van der Waals surface area contributed by atoms with E-state index in [1.165, 1.54) is 6.20 Å². The van der Waals surface area contributed by atoms with Gasteiger partial charge in [0.1, 0.15) is 5.82 Å². The summed E-state index contributed by atoms with van der Waals surface area (Å²) in [5, 5.41) is 8.90. The van der Waals surface area contributed by atoms with Crippen molar-refractivity contribution in [1.82, 2.24) is 14.9 Å². The van der Waals surface area contributed by atoms with Crippen LogP contribution in [0.25, 0.3) is 0 Å². The predicted molar refractivity (Wildman–Crippen MR) is 80.3 cm³/mol. The molecule has 1 aromatic heterocycles. The van der Waals surface area contributed by atoms with Crippen LogP contribution in [0.3, 0.4) is 0 Å². The first-order valence-electron chi connectivity index (χ1n) is 6.96. The Kier molecular flexibility index (Phi) is 6.06. The zero-order valence-corrected chi connectivity index (χ0v) is 12.9. The molecule has 0 fully saturated rings. The SMILES string of the molecule is CCN(CC(C)C#N)C(=O)c1nc(C(C)C)ncc1NN. The highest BCUT2D eigenvalue weighted by atomic mass is 16.2. The molecule has 0 aliphatic rings. The summed E-state index contributed by atoms with van der Waals surface area (Å²) in [6.07, 6.45) is 1.51. The molecule has 1 heterocycles. The van der Waals surface area contributed by atoms with Crippen molar-refractivity contribution in [1.29, 1.82) is 5.26 Å². The van der Waals surface area contributed by atoms with Crippen molar-refractivity contribution < 1.29 is 4.79 Å². The Morgan fingerprint density at radius 2 is 2.19 bits per heavy atom. The van der Waals surface area contributed by atoms with Gasteiger partial charge in [0, 0.05) is 19.0 Å². The number of hydrazine groups is 1. The first kappa shape index (κ1) is 16.9. The van der Waals surface area contributed by atoms with Gasteiger partial charge in [0.2, 0.25) is 0 Å². The van der Waals surface area contributed by atoms with Crippen molar-refractivity contribution in [2.24, 2.45) is 11.8 Å². The molecule has 0 saturated heterocycles. The van der Waals surface area contributed by atoms with Crippen LogP contribution >= 0.6 is 0 Å². The zero-order valence-electron chi connectivity index (χ0n) is 12.9. The van der Waals surface area contributed by atoms with E-state index in [-0.39, 0.29) is 23.4 Å². The average molecular weight is 290 g/mol. The van der Waals surface area contributed by atoms with Crippen molar-refractivity contribution in [2.75, 3.05) is 18.5 Å². The largest absolute Gasteiger partial charge is 0.336 e. The Labute approximate surface area is 125 Å². The van der Waals surface area contributed by atoms with Gasteiger partial charge in [-0.1, -0.05) is 13.8 Å². The van der Waals surface area contributed by atoms with E-state index in [0.717, 1.165) is 0 Å². The number of nitrogen functional groups attached to an aromatic ring is 1. The van der Waals surface area contributed by atoms with Crippen LogP contribution in [0.15, 0.2) is 6.20 Å². The Bertz CT molecular complexity index is 537. The van der Waals surface area contributed by atoms with E-state index < -0.39 is 0 Å². The highest BCUT2D eigenvalue weighted by Gasteiger charge is 2.22. The van der Waals surface area contributed by atoms with Gasteiger partial charge in [0.15, 0.2) is 5.69 Å². The second-order valence-electron chi connectivity index (χ2n) is 5.16. The highest BCUT2D eigenvalue weighted by molar-refractivity contribution is 5.97. The summed E-state index contributed by atoms with van der Waals surface area (Å²) >= 11 is 0. The normalized spacial score (nSPS) is 11.9. The van der Waals surface area contributed by atoms with Crippen LogP contribution in [0.1, 0.15) is 49.9 Å². The maximum absolute atomic E-state index is 12.6. The molecule has 0 aromatic carbocycles. The smallest absolute Gasteiger partial charge is 0.274 e. The molecule has 1 unspecified atom stereocenters. The van der Waals surface area contributed by atoms with Crippen molar-refractivity contribution in [3.05, 3.63) is 17.7 Å². The van der Waals surface area contributed by atoms with Gasteiger partial charge in [-0.25, -0.2) is 9.97 Å². The lowest BCUT2D eigenvalue weighted by Crippen LogP contribution is -2.36. The Balaban J connectivity index is 3.14. The van der Waals surface area contributed by atoms with Gasteiger partial charge in [-0.15, -0.1) is 0 Å². The summed E-state index contributed by atoms with van der Waals surface area (Å²) < 4.78 is 0. The third-order valence-corrected chi connectivity index (χ3v) is 3.07. The molecule has 21 heavy (non-hydrogen) atoms. The van der Waals surface area contributed by atoms with Gasteiger partial charge >= 0.3 is 0 Å². The molecule has 0 spiro atoms. The quantitative estimate of drug-likeness (QED) is 0.607. The van der Waals surface area contributed by atoms with E-state index in [2.05, 4.69) is 21.5 Å². The monoisotopic (exact) mass is 290 g/mol. The molecule has 7 nitrogen and oxygen atoms in total. The molecule has 1 aromatic rings. The van der Waals surface area contributed by atoms with Crippen LogP contribution in [0.2, 0.25) is 0 Å². The molecule has 0 aliphatic heterocycles. The van der Waals surface area contributed by atoms with Gasteiger partial charge in [-0.3, -0.25) is 10.6 Å². The number of carbonyl (C=O) groups is 1. The number of hydrogen-bond acceptors (Lipinski definition) is 6. The molecule has 7 heteroatoms. The van der Waals surface area contributed by atoms with Gasteiger partial charge in [0.05, 0.1) is 23.9 Å². The topological polar surface area (TPSA) is 108 Å². The predicted octanol–water partition coefficient (Wildman–Crippen LogP) is 1.51. The number of aromatic nitrogens is 2. The minimum atomic E-state index is -0.253. The lowest BCUT2D eigenvalue weighted by Gasteiger charge is -2.22. The van der Waals surface area contributed by atoms with Crippen LogP contribution in [-0.2, 0) is 0 Å². The summed E-state index contributed by atoms with van der Waals surface area (Å²) in [6.45, 7) is 8.40. The third kappa shape index (κ3) is 4.13. The van der Waals surface area contributed by atoms with Crippen LogP contribution in [0.4, 0.5) is 5.69 Å². The molecule has 3 N–H and O–H groups in total. The number of hydrogen-bond donors (Lipinski definition) is 2. The number of nitriles is 1. The Morgan fingerprint density at radius 1 is 1.52 bits per heavy atom. The highest BCUT2D eigenvalue weighted by Crippen LogP contribution is 2.17. The third-order valence-electron chi connectivity index (χ3n) is 3.07. The molecular weight excluding hydrogens is 268 g/mol. The zero-order chi connectivity index (χ0) is 16.0. The second kappa shape index (κ2) is 7.55. The minimum Gasteiger partial charge on any atom is -0.336 e. The van der Waals surface area contributed by atoms with Crippen LogP contribution < -0.4 is 11.3 Å². The summed E-state index contributed by atoms with van der Waals surface area (Å²) in [5.41, 5.74) is 3.07. The second-order valence-corrected chi connectivity index (χ2v) is 5.16. The van der Waals surface area contributed by atoms with Crippen molar-refractivity contribution in [2.45, 2.75) is 33.6 Å². The van der Waals surface area contributed by atoms with Crippen LogP contribution in [0.5, 0.6) is 0 Å². The summed E-state index contributed by atoms with van der Waals surface area (Å²) in [6, 6.07) is 2.13. The molecule has 1 rings (SSSR count). The molecule has 0 radical (unpaired) electrons. The molecule has 0 saturated carbocycles. The maximum atomic E-state index is 12.6. The Morgan fingerprint density at radius 3 is 2.67 bits per heavy atom. The average Bonchev–Trinajstić information content (AvgIpc) is 2.50. The van der Waals surface area contributed by atoms with Gasteiger partial charge in [0.25, 0.3) is 5.91 Å². The number of carbonyl (C=O) groups excluding carboxylic acids is 1. The number of anilines is 1. The standard InChI is InChI=1S/C14H22N6O/c1-5-20(8-10(4)6-15)14(21)12-11(19-16)7-17-13(18-12)9(2)3/h7,9-10,19H,5,8,16H2,1-4H3. The minimum absolute atomic E-state index is 0.108. The lowest BCUT2D eigenvalue weighted by atomic mass is 10.1. The van der Waals surface area contributed by atoms with Crippen molar-refractivity contribution >= 4 is 11.6 Å². The van der Waals surface area contributed by atoms with Crippen LogP contribution in [-0.4, -0.2) is 33.9 Å². The van der Waals surface area contributed by atoms with Crippen molar-refractivity contribution in [3.63, 3.8) is 0 Å². The summed E-state index contributed by atoms with van der Waals surface area (Å²) in [5.74, 6) is 5.63. The number of amides is 1. The van der Waals surface area contributed by atoms with E-state index in [9.17, 15) is 4.79 Å². The lowest BCUT2D eigenvalue weighted by molar-refractivity contribution is 0.0747. The molecule has 114 valence electrons. The molecule has 1 atom stereocenters. The molecule has 0 bridgehead atoms. The maximum Gasteiger partial charge on any atom is 0.274 e. The molecule has 1 amide bonds. The first-order chi connectivity index (χ1) is 9.94. The van der Waals surface area contributed by atoms with E-state index in [0.29, 0.717) is 24.6 Å². The summed E-state index contributed by atoms with van der Waals surface area (Å²) in [7, 11) is 0. The Hall–Kier alpha value is -2.20. The van der Waals surface area contributed by atoms with Crippen LogP contribution in [0, 0.1) is 17.2 Å². The van der Waals surface area contributed by atoms with E-state index in [1.54, 1.807) is 11.8 Å². The number of nitrogens with zero attached hydrogens (tertiary/aromatic N) is 4. The van der Waals surface area contributed by atoms with Crippen molar-refractivity contribution in [3.8, 4) is 6.07 Å². The first-order valence-corrected chi connectivity index (χ1v) is 6.96. The number of rotatable bonds is 6. The molecule has 0 aliphatic carbocycles. The fourth-order valence-corrected chi connectivity index (χ4v) is 1.82. The summed E-state index contributed by atoms with van der Waals surface area (Å²) in [4.78, 5) is 22.7. The fraction of sp³-hybridized carbons (Fsp3) is 0.571. The number of nitrogens with one attached hydrogen (secondary N) is 1. The van der Waals surface area contributed by atoms with E-state index in [4.69, 9.17) is 11.1 Å². The van der Waals surface area contributed by atoms with Gasteiger partial charge in [-0.05, 0) is 13.8 Å². The molecular formula is C14H22N6O. The fourth-order valence-electron chi connectivity index (χ4n) is 1.82.